The van der Waals surface area contributed by atoms with Crippen LogP contribution in [0, 0.1) is 5.92 Å². The zero-order chi connectivity index (χ0) is 33.2. The van der Waals surface area contributed by atoms with E-state index in [4.69, 9.17) is 9.47 Å². The molecule has 266 valence electrons. The summed E-state index contributed by atoms with van der Waals surface area (Å²) in [4.78, 5) is 37.4. The Labute approximate surface area is 280 Å². The van der Waals surface area contributed by atoms with Crippen LogP contribution in [-0.2, 0) is 23.9 Å². The second-order valence-electron chi connectivity index (χ2n) is 13.7. The third-order valence-corrected chi connectivity index (χ3v) is 9.14. The lowest BCUT2D eigenvalue weighted by Crippen LogP contribution is -2.18. The Hall–Kier alpha value is -1.39. The van der Waals surface area contributed by atoms with Gasteiger partial charge in [-0.1, -0.05) is 143 Å². The molecule has 0 radical (unpaired) electrons. The monoisotopic (exact) mass is 637 g/mol. The summed E-state index contributed by atoms with van der Waals surface area (Å²) in [6, 6.07) is 0. The average molecular weight is 637 g/mol. The zero-order valence-corrected chi connectivity index (χ0v) is 30.6. The fraction of sp³-hybridized carbons (Fsp3) is 0.925. The molecular formula is C40H76O5. The number of hydrogen-bond donors (Lipinski definition) is 0. The van der Waals surface area contributed by atoms with Crippen LogP contribution in [0.25, 0.3) is 0 Å². The maximum atomic E-state index is 12.6. The Balaban J connectivity index is 4.28. The van der Waals surface area contributed by atoms with Gasteiger partial charge in [-0.15, -0.1) is 0 Å². The highest BCUT2D eigenvalue weighted by molar-refractivity contribution is 5.79. The molecule has 5 heteroatoms. The second-order valence-corrected chi connectivity index (χ2v) is 13.7. The maximum absolute atomic E-state index is 12.6. The molecule has 0 amide bonds. The minimum Gasteiger partial charge on any atom is -0.465 e. The van der Waals surface area contributed by atoms with Gasteiger partial charge in [-0.05, 0) is 57.3 Å². The van der Waals surface area contributed by atoms with Crippen LogP contribution in [0.1, 0.15) is 220 Å². The highest BCUT2D eigenvalue weighted by Crippen LogP contribution is 2.21. The lowest BCUT2D eigenvalue weighted by atomic mass is 9.95. The lowest BCUT2D eigenvalue weighted by molar-refractivity contribution is -0.150. The van der Waals surface area contributed by atoms with E-state index in [-0.39, 0.29) is 23.8 Å². The van der Waals surface area contributed by atoms with E-state index in [0.29, 0.717) is 51.0 Å². The first-order valence-electron chi connectivity index (χ1n) is 19.8. The Kier molecular flexibility index (Phi) is 32.9. The molecule has 0 unspecified atom stereocenters. The van der Waals surface area contributed by atoms with Gasteiger partial charge in [-0.25, -0.2) is 0 Å². The molecule has 0 fully saturated rings. The summed E-state index contributed by atoms with van der Waals surface area (Å²) in [6.45, 7) is 9.46. The minimum atomic E-state index is -0.177. The largest absolute Gasteiger partial charge is 0.465 e. The third kappa shape index (κ3) is 31.0. The quantitative estimate of drug-likeness (QED) is 0.0511. The van der Waals surface area contributed by atoms with Crippen molar-refractivity contribution in [2.24, 2.45) is 5.92 Å². The van der Waals surface area contributed by atoms with Crippen molar-refractivity contribution in [3.05, 3.63) is 0 Å². The summed E-state index contributed by atoms with van der Waals surface area (Å²) < 4.78 is 11.6. The maximum Gasteiger partial charge on any atom is 0.306 e. The van der Waals surface area contributed by atoms with E-state index in [9.17, 15) is 14.4 Å². The van der Waals surface area contributed by atoms with Crippen LogP contribution in [0.5, 0.6) is 0 Å². The van der Waals surface area contributed by atoms with E-state index in [1.807, 2.05) is 0 Å². The van der Waals surface area contributed by atoms with Gasteiger partial charge in [0.15, 0.2) is 0 Å². The smallest absolute Gasteiger partial charge is 0.306 e. The van der Waals surface area contributed by atoms with Crippen LogP contribution in [0.3, 0.4) is 0 Å². The standard InChI is InChI=1S/C40H76O5/c1-5-9-13-17-21-27-36(28-22-18-14-10-6-2)35-44-39(42)33-25-29-37(41)30-26-34-40(43)45-38(31-23-19-15-11-7-3)32-24-20-16-12-8-4/h36,38H,5-35H2,1-4H3. The Morgan fingerprint density at radius 1 is 0.422 bits per heavy atom. The molecule has 0 heterocycles. The summed E-state index contributed by atoms with van der Waals surface area (Å²) in [5.74, 6) is 0.240. The molecule has 0 spiro atoms. The number of ether oxygens (including phenoxy) is 2. The summed E-state index contributed by atoms with van der Waals surface area (Å²) >= 11 is 0. The topological polar surface area (TPSA) is 69.7 Å². The zero-order valence-electron chi connectivity index (χ0n) is 30.6. The van der Waals surface area contributed by atoms with Crippen LogP contribution < -0.4 is 0 Å². The number of rotatable bonds is 35. The number of carbonyl (C=O) groups is 3. The molecule has 0 aromatic heterocycles. The molecule has 0 aromatic carbocycles. The van der Waals surface area contributed by atoms with Crippen molar-refractivity contribution >= 4 is 17.7 Å². The molecule has 0 aliphatic heterocycles. The van der Waals surface area contributed by atoms with Gasteiger partial charge in [0.1, 0.15) is 11.9 Å². The first-order chi connectivity index (χ1) is 22.0. The number of hydrogen-bond acceptors (Lipinski definition) is 5. The van der Waals surface area contributed by atoms with Crippen molar-refractivity contribution in [3.8, 4) is 0 Å². The molecule has 5 nitrogen and oxygen atoms in total. The number of Topliss-reactive ketones (excluding diaryl/α,β-unsaturated/α-hetero) is 1. The van der Waals surface area contributed by atoms with E-state index < -0.39 is 0 Å². The molecule has 0 atom stereocenters. The highest BCUT2D eigenvalue weighted by Gasteiger charge is 2.16. The average Bonchev–Trinajstić information content (AvgIpc) is 3.02. The van der Waals surface area contributed by atoms with E-state index in [1.54, 1.807) is 0 Å². The second kappa shape index (κ2) is 34.0. The van der Waals surface area contributed by atoms with Gasteiger partial charge in [0.2, 0.25) is 0 Å². The van der Waals surface area contributed by atoms with Crippen LogP contribution in [0.2, 0.25) is 0 Å². The van der Waals surface area contributed by atoms with E-state index in [2.05, 4.69) is 27.7 Å². The van der Waals surface area contributed by atoms with Crippen molar-refractivity contribution in [1.29, 1.82) is 0 Å². The van der Waals surface area contributed by atoms with Crippen molar-refractivity contribution in [2.75, 3.05) is 6.61 Å². The summed E-state index contributed by atoms with van der Waals surface area (Å²) in [5, 5.41) is 0. The molecule has 0 N–H and O–H groups in total. The molecule has 0 aromatic rings. The third-order valence-electron chi connectivity index (χ3n) is 9.14. The molecule has 45 heavy (non-hydrogen) atoms. The lowest BCUT2D eigenvalue weighted by Gasteiger charge is -2.18. The summed E-state index contributed by atoms with van der Waals surface area (Å²) in [5.41, 5.74) is 0. The van der Waals surface area contributed by atoms with Crippen molar-refractivity contribution in [1.82, 2.24) is 0 Å². The normalized spacial score (nSPS) is 11.4. The van der Waals surface area contributed by atoms with Gasteiger partial charge in [-0.3, -0.25) is 14.4 Å². The van der Waals surface area contributed by atoms with Crippen molar-refractivity contribution in [3.63, 3.8) is 0 Å². The number of ketones is 1. The van der Waals surface area contributed by atoms with Crippen LogP contribution in [-0.4, -0.2) is 30.4 Å². The summed E-state index contributed by atoms with van der Waals surface area (Å²) in [7, 11) is 0. The van der Waals surface area contributed by atoms with Gasteiger partial charge in [0, 0.05) is 25.7 Å². The number of esters is 2. The predicted octanol–water partition coefficient (Wildman–Crippen LogP) is 12.4. The highest BCUT2D eigenvalue weighted by atomic mass is 16.5. The molecule has 0 saturated heterocycles. The molecule has 0 rings (SSSR count). The fourth-order valence-electron chi connectivity index (χ4n) is 6.11. The van der Waals surface area contributed by atoms with Gasteiger partial charge in [-0.2, -0.15) is 0 Å². The van der Waals surface area contributed by atoms with Gasteiger partial charge in [0.25, 0.3) is 0 Å². The fourth-order valence-corrected chi connectivity index (χ4v) is 6.11. The van der Waals surface area contributed by atoms with Gasteiger partial charge >= 0.3 is 11.9 Å². The summed E-state index contributed by atoms with van der Waals surface area (Å²) in [6.07, 6.45) is 31.5. The Morgan fingerprint density at radius 2 is 0.800 bits per heavy atom. The number of carbonyl (C=O) groups excluding carboxylic acids is 3. The van der Waals surface area contributed by atoms with Crippen molar-refractivity contribution in [2.45, 2.75) is 226 Å². The molecule has 0 bridgehead atoms. The molecule has 0 saturated carbocycles. The van der Waals surface area contributed by atoms with Gasteiger partial charge < -0.3 is 9.47 Å². The van der Waals surface area contributed by atoms with Crippen molar-refractivity contribution < 1.29 is 23.9 Å². The van der Waals surface area contributed by atoms with Crippen LogP contribution >= 0.6 is 0 Å². The molecule has 0 aliphatic rings. The SMILES string of the molecule is CCCCCCCC(CCCCCCC)COC(=O)CCCC(=O)CCCC(=O)OC(CCCCCCC)CCCCCCC. The van der Waals surface area contributed by atoms with E-state index >= 15 is 0 Å². The van der Waals surface area contributed by atoms with Crippen LogP contribution in [0.15, 0.2) is 0 Å². The van der Waals surface area contributed by atoms with E-state index in [1.165, 1.54) is 116 Å². The Morgan fingerprint density at radius 3 is 1.22 bits per heavy atom. The Bertz CT molecular complexity index is 648. The van der Waals surface area contributed by atoms with E-state index in [0.717, 1.165) is 38.5 Å². The van der Waals surface area contributed by atoms with Gasteiger partial charge in [0.05, 0.1) is 6.61 Å². The first kappa shape index (κ1) is 43.6. The first-order valence-corrected chi connectivity index (χ1v) is 19.8. The minimum absolute atomic E-state index is 0.0178. The molecular weight excluding hydrogens is 560 g/mol. The van der Waals surface area contributed by atoms with Crippen LogP contribution in [0.4, 0.5) is 0 Å². The predicted molar refractivity (Wildman–Crippen MR) is 191 cm³/mol. The molecule has 0 aliphatic carbocycles. The number of unbranched alkanes of at least 4 members (excludes halogenated alkanes) is 16.